The molecule has 0 atom stereocenters. The zero-order valence-electron chi connectivity index (χ0n) is 9.88. The van der Waals surface area contributed by atoms with Crippen LogP contribution in [0.15, 0.2) is 24.5 Å². The van der Waals surface area contributed by atoms with Crippen LogP contribution in [-0.2, 0) is 4.79 Å². The largest absolute Gasteiger partial charge is 0.481 e. The van der Waals surface area contributed by atoms with Crippen LogP contribution < -0.4 is 0 Å². The molecule has 2 heterocycles. The minimum absolute atomic E-state index is 0.250. The monoisotopic (exact) mass is 234 g/mol. The molecular formula is C13H18N2O2. The van der Waals surface area contributed by atoms with Crippen molar-refractivity contribution < 1.29 is 9.90 Å². The Kier molecular flexibility index (Phi) is 4.09. The number of pyridine rings is 1. The van der Waals surface area contributed by atoms with Gasteiger partial charge in [-0.25, -0.2) is 0 Å². The van der Waals surface area contributed by atoms with Gasteiger partial charge in [-0.05, 0) is 49.5 Å². The van der Waals surface area contributed by atoms with E-state index in [1.165, 1.54) is 5.56 Å². The third-order valence-corrected chi connectivity index (χ3v) is 3.41. The Bertz CT molecular complexity index is 359. The molecule has 0 unspecified atom stereocenters. The van der Waals surface area contributed by atoms with Gasteiger partial charge in [0, 0.05) is 18.9 Å². The molecule has 4 nitrogen and oxygen atoms in total. The summed E-state index contributed by atoms with van der Waals surface area (Å²) in [4.78, 5) is 16.8. The van der Waals surface area contributed by atoms with Crippen LogP contribution in [0.2, 0.25) is 0 Å². The summed E-state index contributed by atoms with van der Waals surface area (Å²) in [5, 5.41) is 8.64. The lowest BCUT2D eigenvalue weighted by Gasteiger charge is -2.31. The minimum Gasteiger partial charge on any atom is -0.481 e. The van der Waals surface area contributed by atoms with Crippen molar-refractivity contribution in [2.24, 2.45) is 0 Å². The van der Waals surface area contributed by atoms with Gasteiger partial charge >= 0.3 is 5.97 Å². The van der Waals surface area contributed by atoms with Gasteiger partial charge in [0.25, 0.3) is 0 Å². The van der Waals surface area contributed by atoms with Crippen molar-refractivity contribution in [2.45, 2.75) is 25.2 Å². The first-order chi connectivity index (χ1) is 8.25. The standard InChI is InChI=1S/C13H18N2O2/c16-13(17)5-10-15-8-3-12(4-9-15)11-1-6-14-7-2-11/h1-2,6-7,12H,3-5,8-10H2,(H,16,17). The first-order valence-electron chi connectivity index (χ1n) is 6.10. The van der Waals surface area contributed by atoms with Gasteiger partial charge in [-0.2, -0.15) is 0 Å². The summed E-state index contributed by atoms with van der Waals surface area (Å²) in [5.74, 6) is -0.0969. The Labute approximate surface area is 101 Å². The van der Waals surface area contributed by atoms with Crippen LogP contribution >= 0.6 is 0 Å². The smallest absolute Gasteiger partial charge is 0.304 e. The molecule has 4 heteroatoms. The predicted octanol–water partition coefficient (Wildman–Crippen LogP) is 1.74. The van der Waals surface area contributed by atoms with E-state index in [2.05, 4.69) is 22.0 Å². The topological polar surface area (TPSA) is 53.4 Å². The van der Waals surface area contributed by atoms with Gasteiger partial charge in [0.15, 0.2) is 0 Å². The molecule has 0 amide bonds. The van der Waals surface area contributed by atoms with Crippen molar-refractivity contribution in [3.05, 3.63) is 30.1 Å². The lowest BCUT2D eigenvalue weighted by Crippen LogP contribution is -2.34. The Morgan fingerprint density at radius 3 is 2.59 bits per heavy atom. The predicted molar refractivity (Wildman–Crippen MR) is 64.9 cm³/mol. The van der Waals surface area contributed by atoms with E-state index < -0.39 is 5.97 Å². The van der Waals surface area contributed by atoms with Gasteiger partial charge in [-0.1, -0.05) is 0 Å². The van der Waals surface area contributed by atoms with E-state index >= 15 is 0 Å². The number of aromatic nitrogens is 1. The number of piperidine rings is 1. The summed E-state index contributed by atoms with van der Waals surface area (Å²) in [6, 6.07) is 4.16. The van der Waals surface area contributed by atoms with Gasteiger partial charge in [0.1, 0.15) is 0 Å². The molecule has 0 spiro atoms. The second-order valence-electron chi connectivity index (χ2n) is 4.54. The van der Waals surface area contributed by atoms with Gasteiger partial charge in [-0.15, -0.1) is 0 Å². The van der Waals surface area contributed by atoms with Crippen molar-refractivity contribution in [3.8, 4) is 0 Å². The summed E-state index contributed by atoms with van der Waals surface area (Å²) < 4.78 is 0. The first kappa shape index (κ1) is 12.0. The van der Waals surface area contributed by atoms with Crippen molar-refractivity contribution in [2.75, 3.05) is 19.6 Å². The molecule has 17 heavy (non-hydrogen) atoms. The highest BCUT2D eigenvalue weighted by molar-refractivity contribution is 5.66. The number of nitrogens with zero attached hydrogens (tertiary/aromatic N) is 2. The van der Waals surface area contributed by atoms with Crippen molar-refractivity contribution >= 4 is 5.97 Å². The molecule has 1 fully saturated rings. The van der Waals surface area contributed by atoms with Crippen LogP contribution in [0.3, 0.4) is 0 Å². The van der Waals surface area contributed by atoms with E-state index in [0.29, 0.717) is 12.5 Å². The van der Waals surface area contributed by atoms with Crippen LogP contribution in [0.5, 0.6) is 0 Å². The van der Waals surface area contributed by atoms with E-state index in [0.717, 1.165) is 25.9 Å². The maximum atomic E-state index is 10.5. The van der Waals surface area contributed by atoms with E-state index in [-0.39, 0.29) is 6.42 Å². The van der Waals surface area contributed by atoms with Crippen LogP contribution in [0.4, 0.5) is 0 Å². The normalized spacial score (nSPS) is 18.1. The third-order valence-electron chi connectivity index (χ3n) is 3.41. The van der Waals surface area contributed by atoms with Gasteiger partial charge < -0.3 is 10.0 Å². The second kappa shape index (κ2) is 5.77. The molecular weight excluding hydrogens is 216 g/mol. The van der Waals surface area contributed by atoms with Crippen molar-refractivity contribution in [3.63, 3.8) is 0 Å². The molecule has 0 saturated carbocycles. The fourth-order valence-corrected chi connectivity index (χ4v) is 2.38. The summed E-state index contributed by atoms with van der Waals surface area (Å²) in [7, 11) is 0. The highest BCUT2D eigenvalue weighted by Crippen LogP contribution is 2.27. The summed E-state index contributed by atoms with van der Waals surface area (Å²) >= 11 is 0. The van der Waals surface area contributed by atoms with Crippen LogP contribution in [0.1, 0.15) is 30.7 Å². The van der Waals surface area contributed by atoms with Gasteiger partial charge in [-0.3, -0.25) is 9.78 Å². The zero-order valence-corrected chi connectivity index (χ0v) is 9.88. The molecule has 0 radical (unpaired) electrons. The highest BCUT2D eigenvalue weighted by Gasteiger charge is 2.20. The molecule has 1 N–H and O–H groups in total. The average Bonchev–Trinajstić information content (AvgIpc) is 2.38. The summed E-state index contributed by atoms with van der Waals surface area (Å²) in [5.41, 5.74) is 1.36. The lowest BCUT2D eigenvalue weighted by atomic mass is 9.90. The number of hydrogen-bond acceptors (Lipinski definition) is 3. The molecule has 1 saturated heterocycles. The molecule has 1 aliphatic rings. The molecule has 0 bridgehead atoms. The Hall–Kier alpha value is -1.42. The van der Waals surface area contributed by atoms with Crippen LogP contribution in [0.25, 0.3) is 0 Å². The minimum atomic E-state index is -0.707. The second-order valence-corrected chi connectivity index (χ2v) is 4.54. The molecule has 0 aliphatic carbocycles. The first-order valence-corrected chi connectivity index (χ1v) is 6.10. The Morgan fingerprint density at radius 1 is 1.35 bits per heavy atom. The molecule has 92 valence electrons. The van der Waals surface area contributed by atoms with Crippen LogP contribution in [0, 0.1) is 0 Å². The van der Waals surface area contributed by atoms with E-state index in [1.54, 1.807) is 0 Å². The maximum Gasteiger partial charge on any atom is 0.304 e. The summed E-state index contributed by atoms with van der Waals surface area (Å²) in [6.07, 6.45) is 6.16. The molecule has 1 aromatic rings. The Morgan fingerprint density at radius 2 is 2.00 bits per heavy atom. The van der Waals surface area contributed by atoms with E-state index in [9.17, 15) is 4.79 Å². The fraction of sp³-hybridized carbons (Fsp3) is 0.538. The number of carboxylic acid groups (broad SMARTS) is 1. The van der Waals surface area contributed by atoms with Crippen LogP contribution in [-0.4, -0.2) is 40.6 Å². The zero-order chi connectivity index (χ0) is 12.1. The number of aliphatic carboxylic acids is 1. The lowest BCUT2D eigenvalue weighted by molar-refractivity contribution is -0.137. The molecule has 1 aliphatic heterocycles. The van der Waals surface area contributed by atoms with Crippen molar-refractivity contribution in [1.29, 1.82) is 0 Å². The van der Waals surface area contributed by atoms with Crippen molar-refractivity contribution in [1.82, 2.24) is 9.88 Å². The van der Waals surface area contributed by atoms with Gasteiger partial charge in [0.2, 0.25) is 0 Å². The molecule has 0 aromatic carbocycles. The number of likely N-dealkylation sites (tertiary alicyclic amines) is 1. The fourth-order valence-electron chi connectivity index (χ4n) is 2.38. The average molecular weight is 234 g/mol. The SMILES string of the molecule is O=C(O)CCN1CCC(c2ccncc2)CC1. The molecule has 2 rings (SSSR count). The highest BCUT2D eigenvalue weighted by atomic mass is 16.4. The molecule has 1 aromatic heterocycles. The summed E-state index contributed by atoms with van der Waals surface area (Å²) in [6.45, 7) is 2.68. The third kappa shape index (κ3) is 3.53. The maximum absolute atomic E-state index is 10.5. The van der Waals surface area contributed by atoms with Gasteiger partial charge in [0.05, 0.1) is 6.42 Å². The number of rotatable bonds is 4. The number of carboxylic acids is 1. The van der Waals surface area contributed by atoms with E-state index in [4.69, 9.17) is 5.11 Å². The van der Waals surface area contributed by atoms with E-state index in [1.807, 2.05) is 12.4 Å². The Balaban J connectivity index is 1.80. The number of carbonyl (C=O) groups is 1. The number of hydrogen-bond donors (Lipinski definition) is 1. The quantitative estimate of drug-likeness (QED) is 0.862.